The molecule has 0 radical (unpaired) electrons. The Labute approximate surface area is 146 Å². The van der Waals surface area contributed by atoms with Crippen LogP contribution in [0, 0.1) is 0 Å². The van der Waals surface area contributed by atoms with Crippen LogP contribution in [-0.4, -0.2) is 36.6 Å². The quantitative estimate of drug-likeness (QED) is 0.695. The van der Waals surface area contributed by atoms with Crippen molar-refractivity contribution in [3.05, 3.63) is 42.1 Å². The Balaban J connectivity index is 1.97. The second kappa shape index (κ2) is 6.48. The number of aromatic nitrogens is 5. The Morgan fingerprint density at radius 1 is 1.15 bits per heavy atom. The standard InChI is InChI=1S/C14H8F6N6O/c15-13(16,17)5-26-10-8(4-21-6-23-10)24-12(26)25-11(27)7-1-2-22-9(3-7)14(18,19)20/h1-4,6H,5H2,(H,24,25,27). The van der Waals surface area contributed by atoms with Crippen LogP contribution in [0.4, 0.5) is 32.3 Å². The summed E-state index contributed by atoms with van der Waals surface area (Å²) in [4.78, 5) is 26.4. The van der Waals surface area contributed by atoms with Gasteiger partial charge in [0.15, 0.2) is 5.65 Å². The molecule has 0 bridgehead atoms. The smallest absolute Gasteiger partial charge is 0.292 e. The van der Waals surface area contributed by atoms with Crippen molar-refractivity contribution in [3.8, 4) is 0 Å². The average Bonchev–Trinajstić information content (AvgIpc) is 2.90. The molecule has 27 heavy (non-hydrogen) atoms. The number of imidazole rings is 1. The summed E-state index contributed by atoms with van der Waals surface area (Å²) in [6.07, 6.45) is -6.53. The minimum Gasteiger partial charge on any atom is -0.292 e. The first-order chi connectivity index (χ1) is 12.5. The van der Waals surface area contributed by atoms with Crippen molar-refractivity contribution < 1.29 is 31.1 Å². The number of hydrogen-bond acceptors (Lipinski definition) is 5. The summed E-state index contributed by atoms with van der Waals surface area (Å²) in [5, 5.41) is 2.07. The molecule has 0 atom stereocenters. The molecule has 13 heteroatoms. The number of nitrogens with one attached hydrogen (secondary N) is 1. The van der Waals surface area contributed by atoms with Gasteiger partial charge in [-0.25, -0.2) is 15.0 Å². The van der Waals surface area contributed by atoms with Crippen molar-refractivity contribution in [1.29, 1.82) is 0 Å². The van der Waals surface area contributed by atoms with Crippen LogP contribution in [0.15, 0.2) is 30.9 Å². The number of carbonyl (C=O) groups excluding carboxylic acids is 1. The van der Waals surface area contributed by atoms with Crippen molar-refractivity contribution in [3.63, 3.8) is 0 Å². The first kappa shape index (κ1) is 18.5. The van der Waals surface area contributed by atoms with Crippen LogP contribution in [-0.2, 0) is 12.7 Å². The van der Waals surface area contributed by atoms with Crippen LogP contribution in [0.5, 0.6) is 0 Å². The molecule has 0 unspecified atom stereocenters. The van der Waals surface area contributed by atoms with Crippen LogP contribution >= 0.6 is 0 Å². The van der Waals surface area contributed by atoms with E-state index >= 15 is 0 Å². The molecular formula is C14H8F6N6O. The Morgan fingerprint density at radius 2 is 1.89 bits per heavy atom. The molecule has 142 valence electrons. The lowest BCUT2D eigenvalue weighted by Crippen LogP contribution is -2.22. The molecule has 1 amide bonds. The van der Waals surface area contributed by atoms with Gasteiger partial charge in [0.25, 0.3) is 5.91 Å². The lowest BCUT2D eigenvalue weighted by molar-refractivity contribution is -0.141. The molecule has 0 saturated carbocycles. The van der Waals surface area contributed by atoms with E-state index in [9.17, 15) is 31.1 Å². The van der Waals surface area contributed by atoms with E-state index in [4.69, 9.17) is 0 Å². The van der Waals surface area contributed by atoms with E-state index in [1.165, 1.54) is 0 Å². The third kappa shape index (κ3) is 4.12. The summed E-state index contributed by atoms with van der Waals surface area (Å²) in [7, 11) is 0. The summed E-state index contributed by atoms with van der Waals surface area (Å²) in [6, 6.07) is 1.47. The largest absolute Gasteiger partial charge is 0.433 e. The molecule has 0 saturated heterocycles. The Kier molecular flexibility index (Phi) is 4.45. The molecular weight excluding hydrogens is 382 g/mol. The number of nitrogens with zero attached hydrogens (tertiary/aromatic N) is 5. The minimum absolute atomic E-state index is 0.0252. The van der Waals surface area contributed by atoms with Gasteiger partial charge in [0.2, 0.25) is 5.95 Å². The number of fused-ring (bicyclic) bond motifs is 1. The number of hydrogen-bond donors (Lipinski definition) is 1. The van der Waals surface area contributed by atoms with Gasteiger partial charge in [-0.05, 0) is 12.1 Å². The topological polar surface area (TPSA) is 85.6 Å². The van der Waals surface area contributed by atoms with Crippen molar-refractivity contribution in [2.24, 2.45) is 0 Å². The first-order valence-corrected chi connectivity index (χ1v) is 7.12. The SMILES string of the molecule is O=C(Nc1nc2cncnc2n1CC(F)(F)F)c1ccnc(C(F)(F)F)c1. The van der Waals surface area contributed by atoms with E-state index in [1.807, 2.05) is 0 Å². The fourth-order valence-corrected chi connectivity index (χ4v) is 2.20. The molecule has 0 fully saturated rings. The van der Waals surface area contributed by atoms with Crippen LogP contribution in [0.3, 0.4) is 0 Å². The second-order valence-corrected chi connectivity index (χ2v) is 5.25. The van der Waals surface area contributed by atoms with Gasteiger partial charge in [0.05, 0.1) is 6.20 Å². The summed E-state index contributed by atoms with van der Waals surface area (Å²) in [5.74, 6) is -1.62. The van der Waals surface area contributed by atoms with Gasteiger partial charge < -0.3 is 0 Å². The van der Waals surface area contributed by atoms with Gasteiger partial charge in [0.1, 0.15) is 24.1 Å². The summed E-state index contributed by atoms with van der Waals surface area (Å²) in [6.45, 7) is -1.51. The predicted octanol–water partition coefficient (Wildman–Crippen LogP) is 3.05. The molecule has 0 aliphatic carbocycles. The zero-order chi connectivity index (χ0) is 19.8. The molecule has 7 nitrogen and oxygen atoms in total. The molecule has 0 aromatic carbocycles. The number of anilines is 1. The Hall–Kier alpha value is -3.25. The van der Waals surface area contributed by atoms with E-state index in [0.29, 0.717) is 10.6 Å². The fourth-order valence-electron chi connectivity index (χ4n) is 2.20. The van der Waals surface area contributed by atoms with Crippen molar-refractivity contribution in [1.82, 2.24) is 24.5 Å². The molecule has 0 spiro atoms. The summed E-state index contributed by atoms with van der Waals surface area (Å²) >= 11 is 0. The number of pyridine rings is 1. The molecule has 1 N–H and O–H groups in total. The van der Waals surface area contributed by atoms with Gasteiger partial charge in [-0.3, -0.25) is 19.7 Å². The van der Waals surface area contributed by atoms with E-state index in [2.05, 4.69) is 25.3 Å². The first-order valence-electron chi connectivity index (χ1n) is 7.12. The van der Waals surface area contributed by atoms with Crippen LogP contribution in [0.2, 0.25) is 0 Å². The maximum Gasteiger partial charge on any atom is 0.433 e. The number of rotatable bonds is 3. The number of halogens is 6. The molecule has 0 aliphatic heterocycles. The van der Waals surface area contributed by atoms with Gasteiger partial charge in [-0.15, -0.1) is 0 Å². The zero-order valence-corrected chi connectivity index (χ0v) is 13.0. The maximum absolute atomic E-state index is 12.8. The molecule has 3 aromatic rings. The molecule has 3 heterocycles. The van der Waals surface area contributed by atoms with Gasteiger partial charge >= 0.3 is 12.4 Å². The highest BCUT2D eigenvalue weighted by Gasteiger charge is 2.34. The van der Waals surface area contributed by atoms with Crippen LogP contribution in [0.25, 0.3) is 11.2 Å². The molecule has 0 aliphatic rings. The normalized spacial score (nSPS) is 12.4. The van der Waals surface area contributed by atoms with Crippen molar-refractivity contribution >= 4 is 23.0 Å². The highest BCUT2D eigenvalue weighted by atomic mass is 19.4. The third-order valence-electron chi connectivity index (χ3n) is 3.29. The highest BCUT2D eigenvalue weighted by molar-refractivity contribution is 6.04. The van der Waals surface area contributed by atoms with Crippen LogP contribution < -0.4 is 5.32 Å². The second-order valence-electron chi connectivity index (χ2n) is 5.25. The monoisotopic (exact) mass is 390 g/mol. The van der Waals surface area contributed by atoms with Gasteiger partial charge in [-0.1, -0.05) is 0 Å². The number of alkyl halides is 6. The average molecular weight is 390 g/mol. The fraction of sp³-hybridized carbons (Fsp3) is 0.214. The van der Waals surface area contributed by atoms with Crippen molar-refractivity contribution in [2.75, 3.05) is 5.32 Å². The highest BCUT2D eigenvalue weighted by Crippen LogP contribution is 2.28. The van der Waals surface area contributed by atoms with Crippen LogP contribution in [0.1, 0.15) is 16.1 Å². The van der Waals surface area contributed by atoms with E-state index in [0.717, 1.165) is 24.8 Å². The maximum atomic E-state index is 12.8. The van der Waals surface area contributed by atoms with Gasteiger partial charge in [0, 0.05) is 11.8 Å². The Bertz CT molecular complexity index is 996. The third-order valence-corrected chi connectivity index (χ3v) is 3.29. The summed E-state index contributed by atoms with van der Waals surface area (Å²) < 4.78 is 77.2. The predicted molar refractivity (Wildman–Crippen MR) is 78.6 cm³/mol. The molecule has 3 rings (SSSR count). The van der Waals surface area contributed by atoms with Gasteiger partial charge in [-0.2, -0.15) is 26.3 Å². The Morgan fingerprint density at radius 3 is 2.56 bits per heavy atom. The number of carbonyl (C=O) groups is 1. The van der Waals surface area contributed by atoms with E-state index in [-0.39, 0.29) is 11.2 Å². The summed E-state index contributed by atoms with van der Waals surface area (Å²) in [5.41, 5.74) is -1.98. The lowest BCUT2D eigenvalue weighted by atomic mass is 10.2. The zero-order valence-electron chi connectivity index (χ0n) is 13.0. The molecule has 3 aromatic heterocycles. The number of amides is 1. The van der Waals surface area contributed by atoms with Crippen molar-refractivity contribution in [2.45, 2.75) is 18.9 Å². The van der Waals surface area contributed by atoms with E-state index < -0.39 is 42.0 Å². The minimum atomic E-state index is -4.78. The lowest BCUT2D eigenvalue weighted by Gasteiger charge is -2.12. The van der Waals surface area contributed by atoms with E-state index in [1.54, 1.807) is 0 Å².